The quantitative estimate of drug-likeness (QED) is 0.720. The molecule has 0 unspecified atom stereocenters. The first-order valence-electron chi connectivity index (χ1n) is 8.96. The smallest absolute Gasteiger partial charge is 0.283 e. The number of aryl methyl sites for hydroxylation is 1. The highest BCUT2D eigenvalue weighted by Crippen LogP contribution is 2.32. The summed E-state index contributed by atoms with van der Waals surface area (Å²) < 4.78 is 5.61. The highest BCUT2D eigenvalue weighted by Gasteiger charge is 2.36. The van der Waals surface area contributed by atoms with E-state index in [0.29, 0.717) is 33.2 Å². The van der Waals surface area contributed by atoms with E-state index in [0.717, 1.165) is 11.1 Å². The number of hydrogen-bond donors (Lipinski definition) is 1. The van der Waals surface area contributed by atoms with Crippen molar-refractivity contribution < 1.29 is 9.53 Å². The summed E-state index contributed by atoms with van der Waals surface area (Å²) in [6.45, 7) is 4.35. The molecule has 0 saturated heterocycles. The van der Waals surface area contributed by atoms with E-state index in [-0.39, 0.29) is 11.4 Å². The van der Waals surface area contributed by atoms with Crippen LogP contribution >= 0.6 is 23.4 Å². The Morgan fingerprint density at radius 2 is 2.10 bits per heavy atom. The zero-order valence-electron chi connectivity index (χ0n) is 15.8. The minimum absolute atomic E-state index is 0.0300. The molecule has 0 atom stereocenters. The van der Waals surface area contributed by atoms with Crippen LogP contribution in [0.15, 0.2) is 58.1 Å². The van der Waals surface area contributed by atoms with E-state index in [9.17, 15) is 4.79 Å². The molecule has 29 heavy (non-hydrogen) atoms. The van der Waals surface area contributed by atoms with Crippen molar-refractivity contribution in [2.75, 3.05) is 6.61 Å². The number of carbonyl (C=O) groups excluding carboxylic acids is 1. The number of nitrogens with one attached hydrogen (secondary N) is 1. The lowest BCUT2D eigenvalue weighted by Gasteiger charge is -2.20. The van der Waals surface area contributed by atoms with Crippen LogP contribution in [0.2, 0.25) is 5.02 Å². The number of thioether (sulfide) groups is 1. The number of nitrogens with zero attached hydrogens (tertiary/aromatic N) is 3. The highest BCUT2D eigenvalue weighted by molar-refractivity contribution is 8.27. The number of halogens is 1. The van der Waals surface area contributed by atoms with Crippen LogP contribution in [0.3, 0.4) is 0 Å². The average molecular weight is 425 g/mol. The van der Waals surface area contributed by atoms with Crippen molar-refractivity contribution in [3.05, 3.63) is 69.8 Å². The maximum absolute atomic E-state index is 12.6. The van der Waals surface area contributed by atoms with Gasteiger partial charge >= 0.3 is 0 Å². The molecular weight excluding hydrogens is 408 g/mol. The van der Waals surface area contributed by atoms with Crippen LogP contribution in [0.5, 0.6) is 5.75 Å². The number of hydrazone groups is 1. The Hall–Kier alpha value is -2.90. The van der Waals surface area contributed by atoms with Crippen LogP contribution < -0.4 is 4.74 Å². The number of fused-ring (bicyclic) bond motifs is 1. The molecule has 2 heterocycles. The molecule has 6 nitrogen and oxygen atoms in total. The van der Waals surface area contributed by atoms with Crippen molar-refractivity contribution in [3.63, 3.8) is 0 Å². The third-order valence-corrected chi connectivity index (χ3v) is 5.48. The lowest BCUT2D eigenvalue weighted by atomic mass is 10.1. The standard InChI is InChI=1S/C21H17ClN4O2S/c1-3-28-17-8-7-15(22)10-14(17)11-16-18(23)26-21(24-19(16)27)29-20(25-26)13-6-4-5-12(2)9-13/h4-11,23H,3H2,1-2H3/b16-11-,23-18?. The van der Waals surface area contributed by atoms with Gasteiger partial charge in [-0.3, -0.25) is 10.2 Å². The number of hydrogen-bond acceptors (Lipinski definition) is 5. The number of amides is 1. The molecule has 2 aliphatic rings. The van der Waals surface area contributed by atoms with E-state index in [4.69, 9.17) is 21.7 Å². The van der Waals surface area contributed by atoms with Crippen molar-refractivity contribution in [1.29, 1.82) is 5.41 Å². The first kappa shape index (κ1) is 19.4. The van der Waals surface area contributed by atoms with Crippen LogP contribution in [0.1, 0.15) is 23.6 Å². The first-order valence-corrected chi connectivity index (χ1v) is 10.2. The Kier molecular flexibility index (Phi) is 5.25. The highest BCUT2D eigenvalue weighted by atomic mass is 35.5. The minimum atomic E-state index is -0.489. The fourth-order valence-corrected chi connectivity index (χ4v) is 4.03. The van der Waals surface area contributed by atoms with Gasteiger partial charge in [0.2, 0.25) is 5.17 Å². The third kappa shape index (κ3) is 3.83. The van der Waals surface area contributed by atoms with E-state index in [1.165, 1.54) is 16.8 Å². The number of carbonyl (C=O) groups is 1. The largest absolute Gasteiger partial charge is 0.493 e. The summed E-state index contributed by atoms with van der Waals surface area (Å²) in [5, 5.41) is 16.0. The predicted octanol–water partition coefficient (Wildman–Crippen LogP) is 4.71. The Morgan fingerprint density at radius 1 is 1.28 bits per heavy atom. The molecule has 146 valence electrons. The average Bonchev–Trinajstić information content (AvgIpc) is 3.11. The molecule has 1 amide bonds. The second-order valence-electron chi connectivity index (χ2n) is 6.41. The second-order valence-corrected chi connectivity index (χ2v) is 7.80. The summed E-state index contributed by atoms with van der Waals surface area (Å²) >= 11 is 7.39. The van der Waals surface area contributed by atoms with Crippen LogP contribution in [0.4, 0.5) is 0 Å². The van der Waals surface area contributed by atoms with E-state index in [1.54, 1.807) is 24.3 Å². The molecule has 4 rings (SSSR count). The Bertz CT molecular complexity index is 1120. The van der Waals surface area contributed by atoms with Crippen molar-refractivity contribution >= 4 is 51.4 Å². The number of amidine groups is 2. The number of aliphatic imine (C=N–C) groups is 1. The van der Waals surface area contributed by atoms with Crippen LogP contribution in [-0.2, 0) is 4.79 Å². The SMILES string of the molecule is CCOc1ccc(Cl)cc1/C=C1/C(=N)N2N=C(c3cccc(C)c3)SC2=NC1=O. The molecule has 0 aromatic heterocycles. The second kappa shape index (κ2) is 7.85. The maximum atomic E-state index is 12.6. The summed E-state index contributed by atoms with van der Waals surface area (Å²) in [4.78, 5) is 16.8. The van der Waals surface area contributed by atoms with Crippen molar-refractivity contribution in [2.24, 2.45) is 10.1 Å². The topological polar surface area (TPSA) is 78.1 Å². The molecule has 2 aromatic carbocycles. The summed E-state index contributed by atoms with van der Waals surface area (Å²) in [5.74, 6) is 0.0639. The molecule has 0 saturated carbocycles. The number of rotatable bonds is 4. The number of benzene rings is 2. The predicted molar refractivity (Wildman–Crippen MR) is 118 cm³/mol. The van der Waals surface area contributed by atoms with E-state index < -0.39 is 5.91 Å². The molecule has 2 aromatic rings. The maximum Gasteiger partial charge on any atom is 0.283 e. The molecule has 0 aliphatic carbocycles. The normalized spacial score (nSPS) is 17.3. The minimum Gasteiger partial charge on any atom is -0.493 e. The van der Waals surface area contributed by atoms with E-state index in [1.807, 2.05) is 38.1 Å². The van der Waals surface area contributed by atoms with E-state index in [2.05, 4.69) is 10.1 Å². The summed E-state index contributed by atoms with van der Waals surface area (Å²) in [6.07, 6.45) is 1.58. The van der Waals surface area contributed by atoms with Crippen LogP contribution in [0, 0.1) is 12.3 Å². The molecule has 2 aliphatic heterocycles. The fraction of sp³-hybridized carbons (Fsp3) is 0.143. The van der Waals surface area contributed by atoms with Crippen molar-refractivity contribution in [2.45, 2.75) is 13.8 Å². The van der Waals surface area contributed by atoms with Gasteiger partial charge in [-0.2, -0.15) is 15.1 Å². The molecule has 0 radical (unpaired) electrons. The third-order valence-electron chi connectivity index (χ3n) is 4.29. The van der Waals surface area contributed by atoms with Crippen molar-refractivity contribution in [1.82, 2.24) is 5.01 Å². The Balaban J connectivity index is 1.71. The summed E-state index contributed by atoms with van der Waals surface area (Å²) in [7, 11) is 0. The van der Waals surface area contributed by atoms with Gasteiger partial charge in [-0.05, 0) is 56.0 Å². The lowest BCUT2D eigenvalue weighted by Crippen LogP contribution is -2.35. The monoisotopic (exact) mass is 424 g/mol. The molecule has 8 heteroatoms. The lowest BCUT2D eigenvalue weighted by molar-refractivity contribution is -0.114. The molecular formula is C21H17ClN4O2S. The summed E-state index contributed by atoms with van der Waals surface area (Å²) in [5.41, 5.74) is 2.77. The summed E-state index contributed by atoms with van der Waals surface area (Å²) in [6, 6.07) is 13.1. The van der Waals surface area contributed by atoms with E-state index >= 15 is 0 Å². The van der Waals surface area contributed by atoms with Gasteiger partial charge in [0, 0.05) is 16.1 Å². The van der Waals surface area contributed by atoms with Gasteiger partial charge in [0.1, 0.15) is 10.8 Å². The number of ether oxygens (including phenoxy) is 1. The molecule has 0 fully saturated rings. The van der Waals surface area contributed by atoms with Crippen LogP contribution in [-0.4, -0.2) is 33.6 Å². The first-order chi connectivity index (χ1) is 14.0. The van der Waals surface area contributed by atoms with Gasteiger partial charge in [0.25, 0.3) is 5.91 Å². The zero-order chi connectivity index (χ0) is 20.5. The zero-order valence-corrected chi connectivity index (χ0v) is 17.3. The Morgan fingerprint density at radius 3 is 2.86 bits per heavy atom. The van der Waals surface area contributed by atoms with Crippen LogP contribution in [0.25, 0.3) is 6.08 Å². The van der Waals surface area contributed by atoms with Gasteiger partial charge in [-0.25, -0.2) is 0 Å². The molecule has 1 N–H and O–H groups in total. The fourth-order valence-electron chi connectivity index (χ4n) is 2.96. The van der Waals surface area contributed by atoms with Gasteiger partial charge in [-0.15, -0.1) is 0 Å². The van der Waals surface area contributed by atoms with Gasteiger partial charge in [-0.1, -0.05) is 35.4 Å². The van der Waals surface area contributed by atoms with Crippen molar-refractivity contribution in [3.8, 4) is 5.75 Å². The van der Waals surface area contributed by atoms with Gasteiger partial charge < -0.3 is 4.74 Å². The molecule has 0 spiro atoms. The molecule has 0 bridgehead atoms. The Labute approximate surface area is 177 Å². The van der Waals surface area contributed by atoms with Gasteiger partial charge in [0.15, 0.2) is 5.84 Å². The van der Waals surface area contributed by atoms with Gasteiger partial charge in [0.05, 0.1) is 12.2 Å².